The molecule has 1 aromatic rings. The summed E-state index contributed by atoms with van der Waals surface area (Å²) in [7, 11) is -2.90. The smallest absolute Gasteiger partial charge is 0.149 e. The van der Waals surface area contributed by atoms with Gasteiger partial charge >= 0.3 is 0 Å². The third-order valence-corrected chi connectivity index (χ3v) is 3.02. The molecule has 0 aromatic carbocycles. The van der Waals surface area contributed by atoms with Crippen molar-refractivity contribution in [2.45, 2.75) is 33.0 Å². The third-order valence-electron chi connectivity index (χ3n) is 2.10. The highest BCUT2D eigenvalue weighted by atomic mass is 32.2. The van der Waals surface area contributed by atoms with Crippen LogP contribution in [0.15, 0.2) is 12.5 Å². The number of hydrogen-bond donors (Lipinski definition) is 1. The van der Waals surface area contributed by atoms with Crippen molar-refractivity contribution in [2.24, 2.45) is 0 Å². The Morgan fingerprint density at radius 2 is 2.19 bits per heavy atom. The Balaban J connectivity index is 2.45. The first-order valence-electron chi connectivity index (χ1n) is 5.28. The SMILES string of the molecule is CC(C)NCc1cn(CCS(C)(=O)=O)cn1. The van der Waals surface area contributed by atoms with E-state index >= 15 is 0 Å². The summed E-state index contributed by atoms with van der Waals surface area (Å²) in [5, 5.41) is 3.25. The highest BCUT2D eigenvalue weighted by Gasteiger charge is 2.04. The number of hydrogen-bond acceptors (Lipinski definition) is 4. The summed E-state index contributed by atoms with van der Waals surface area (Å²) in [6.07, 6.45) is 4.79. The number of sulfone groups is 1. The summed E-state index contributed by atoms with van der Waals surface area (Å²) in [5.74, 6) is 0.153. The van der Waals surface area contributed by atoms with Crippen LogP contribution in [0.3, 0.4) is 0 Å². The largest absolute Gasteiger partial charge is 0.336 e. The van der Waals surface area contributed by atoms with Gasteiger partial charge in [0, 0.05) is 31.6 Å². The van der Waals surface area contributed by atoms with Crippen molar-refractivity contribution in [3.63, 3.8) is 0 Å². The van der Waals surface area contributed by atoms with Gasteiger partial charge in [0.15, 0.2) is 0 Å². The first-order valence-corrected chi connectivity index (χ1v) is 7.34. The number of imidazole rings is 1. The third kappa shape index (κ3) is 5.27. The van der Waals surface area contributed by atoms with E-state index in [1.165, 1.54) is 6.26 Å². The molecule has 92 valence electrons. The van der Waals surface area contributed by atoms with Gasteiger partial charge in [0.25, 0.3) is 0 Å². The molecule has 16 heavy (non-hydrogen) atoms. The van der Waals surface area contributed by atoms with Crippen molar-refractivity contribution >= 4 is 9.84 Å². The van der Waals surface area contributed by atoms with Gasteiger partial charge in [0.2, 0.25) is 0 Å². The van der Waals surface area contributed by atoms with Gasteiger partial charge in [-0.3, -0.25) is 0 Å². The Bertz CT molecular complexity index is 423. The summed E-state index contributed by atoms with van der Waals surface area (Å²) in [5.41, 5.74) is 0.933. The second-order valence-corrected chi connectivity index (χ2v) is 6.53. The molecule has 0 aliphatic rings. The first-order chi connectivity index (χ1) is 7.37. The highest BCUT2D eigenvalue weighted by Crippen LogP contribution is 1.98. The van der Waals surface area contributed by atoms with Gasteiger partial charge in [-0.15, -0.1) is 0 Å². The molecule has 0 bridgehead atoms. The molecule has 0 amide bonds. The maximum absolute atomic E-state index is 11.0. The first kappa shape index (κ1) is 13.2. The number of aromatic nitrogens is 2. The molecule has 0 saturated carbocycles. The van der Waals surface area contributed by atoms with Crippen molar-refractivity contribution < 1.29 is 8.42 Å². The number of aryl methyl sites for hydroxylation is 1. The van der Waals surface area contributed by atoms with Gasteiger partial charge in [0.05, 0.1) is 17.8 Å². The molecule has 0 fully saturated rings. The highest BCUT2D eigenvalue weighted by molar-refractivity contribution is 7.90. The van der Waals surface area contributed by atoms with E-state index in [1.807, 2.05) is 6.20 Å². The van der Waals surface area contributed by atoms with E-state index in [2.05, 4.69) is 24.1 Å². The molecular formula is C10H19N3O2S. The lowest BCUT2D eigenvalue weighted by Gasteiger charge is -2.04. The molecule has 0 saturated heterocycles. The second kappa shape index (κ2) is 5.45. The van der Waals surface area contributed by atoms with E-state index in [-0.39, 0.29) is 5.75 Å². The zero-order valence-electron chi connectivity index (χ0n) is 9.97. The number of rotatable bonds is 6. The van der Waals surface area contributed by atoms with E-state index in [9.17, 15) is 8.42 Å². The summed E-state index contributed by atoms with van der Waals surface area (Å²) < 4.78 is 23.8. The van der Waals surface area contributed by atoms with Crippen molar-refractivity contribution in [1.29, 1.82) is 0 Å². The van der Waals surface area contributed by atoms with Gasteiger partial charge in [-0.25, -0.2) is 13.4 Å². The molecule has 1 rings (SSSR count). The quantitative estimate of drug-likeness (QED) is 0.789. The van der Waals surface area contributed by atoms with E-state index in [0.29, 0.717) is 19.1 Å². The van der Waals surface area contributed by atoms with Crippen LogP contribution in [-0.4, -0.2) is 36.0 Å². The zero-order chi connectivity index (χ0) is 12.2. The van der Waals surface area contributed by atoms with E-state index < -0.39 is 9.84 Å². The summed E-state index contributed by atoms with van der Waals surface area (Å²) in [6.45, 7) is 5.32. The number of nitrogens with one attached hydrogen (secondary N) is 1. The van der Waals surface area contributed by atoms with Crippen LogP contribution in [0.25, 0.3) is 0 Å². The minimum absolute atomic E-state index is 0.153. The lowest BCUT2D eigenvalue weighted by atomic mass is 10.3. The van der Waals surface area contributed by atoms with Crippen LogP contribution < -0.4 is 5.32 Å². The summed E-state index contributed by atoms with van der Waals surface area (Å²) in [4.78, 5) is 4.19. The maximum atomic E-state index is 11.0. The molecule has 0 atom stereocenters. The Morgan fingerprint density at radius 3 is 2.75 bits per heavy atom. The van der Waals surface area contributed by atoms with Crippen molar-refractivity contribution in [1.82, 2.24) is 14.9 Å². The standard InChI is InChI=1S/C10H19N3O2S/c1-9(2)11-6-10-7-13(8-12-10)4-5-16(3,14)15/h7-9,11H,4-6H2,1-3H3. The molecule has 0 radical (unpaired) electrons. The monoisotopic (exact) mass is 245 g/mol. The fourth-order valence-corrected chi connectivity index (χ4v) is 1.74. The maximum Gasteiger partial charge on any atom is 0.149 e. The van der Waals surface area contributed by atoms with E-state index in [1.54, 1.807) is 10.9 Å². The Labute approximate surface area is 96.8 Å². The van der Waals surface area contributed by atoms with Crippen LogP contribution in [-0.2, 0) is 22.9 Å². The topological polar surface area (TPSA) is 64.0 Å². The molecule has 0 spiro atoms. The molecule has 1 heterocycles. The van der Waals surface area contributed by atoms with Gasteiger partial charge in [-0.1, -0.05) is 13.8 Å². The van der Waals surface area contributed by atoms with E-state index in [4.69, 9.17) is 0 Å². The molecule has 1 aromatic heterocycles. The van der Waals surface area contributed by atoms with Gasteiger partial charge in [0.1, 0.15) is 9.84 Å². The fourth-order valence-electron chi connectivity index (χ4n) is 1.20. The predicted octanol–water partition coefficient (Wildman–Crippen LogP) is 0.426. The number of nitrogens with zero attached hydrogens (tertiary/aromatic N) is 2. The fraction of sp³-hybridized carbons (Fsp3) is 0.700. The zero-order valence-corrected chi connectivity index (χ0v) is 10.8. The molecular weight excluding hydrogens is 226 g/mol. The predicted molar refractivity (Wildman–Crippen MR) is 63.9 cm³/mol. The van der Waals surface area contributed by atoms with Crippen LogP contribution in [0, 0.1) is 0 Å². The minimum Gasteiger partial charge on any atom is -0.336 e. The van der Waals surface area contributed by atoms with Crippen molar-refractivity contribution in [3.8, 4) is 0 Å². The van der Waals surface area contributed by atoms with Crippen LogP contribution >= 0.6 is 0 Å². The van der Waals surface area contributed by atoms with Gasteiger partial charge in [-0.2, -0.15) is 0 Å². The van der Waals surface area contributed by atoms with Crippen LogP contribution in [0.4, 0.5) is 0 Å². The normalized spacial score (nSPS) is 12.2. The van der Waals surface area contributed by atoms with Crippen LogP contribution in [0.1, 0.15) is 19.5 Å². The molecule has 5 nitrogen and oxygen atoms in total. The lowest BCUT2D eigenvalue weighted by molar-refractivity contribution is 0.582. The Morgan fingerprint density at radius 1 is 1.50 bits per heavy atom. The summed E-state index contributed by atoms with van der Waals surface area (Å²) in [6, 6.07) is 0.418. The average molecular weight is 245 g/mol. The van der Waals surface area contributed by atoms with Crippen LogP contribution in [0.5, 0.6) is 0 Å². The molecule has 6 heteroatoms. The lowest BCUT2D eigenvalue weighted by Crippen LogP contribution is -2.21. The molecule has 1 N–H and O–H groups in total. The van der Waals surface area contributed by atoms with Gasteiger partial charge < -0.3 is 9.88 Å². The Hall–Kier alpha value is -0.880. The van der Waals surface area contributed by atoms with Gasteiger partial charge in [-0.05, 0) is 0 Å². The average Bonchev–Trinajstić information content (AvgIpc) is 2.58. The molecule has 0 aliphatic carbocycles. The Kier molecular flexibility index (Phi) is 4.49. The van der Waals surface area contributed by atoms with Crippen molar-refractivity contribution in [2.75, 3.05) is 12.0 Å². The van der Waals surface area contributed by atoms with E-state index in [0.717, 1.165) is 5.69 Å². The molecule has 0 unspecified atom stereocenters. The second-order valence-electron chi connectivity index (χ2n) is 4.27. The van der Waals surface area contributed by atoms with Crippen molar-refractivity contribution in [3.05, 3.63) is 18.2 Å². The van der Waals surface area contributed by atoms with Crippen LogP contribution in [0.2, 0.25) is 0 Å². The summed E-state index contributed by atoms with van der Waals surface area (Å²) >= 11 is 0. The molecule has 0 aliphatic heterocycles. The minimum atomic E-state index is -2.90.